The molecule has 0 aromatic carbocycles. The fourth-order valence-electron chi connectivity index (χ4n) is 2.54. The molecule has 0 atom stereocenters. The summed E-state index contributed by atoms with van der Waals surface area (Å²) in [5, 5.41) is 7.72. The average Bonchev–Trinajstić information content (AvgIpc) is 2.70. The van der Waals surface area contributed by atoms with Crippen LogP contribution < -0.4 is 0 Å². The highest BCUT2D eigenvalue weighted by Crippen LogP contribution is 2.37. The SMILES string of the molecule is COC1(C(=O)c2c(Br)nnn2C)CCC(C)CC1. The highest BCUT2D eigenvalue weighted by atomic mass is 79.9. The summed E-state index contributed by atoms with van der Waals surface area (Å²) in [6.07, 6.45) is 3.56. The van der Waals surface area contributed by atoms with Crippen molar-refractivity contribution in [1.82, 2.24) is 15.0 Å². The average molecular weight is 316 g/mol. The predicted octanol–water partition coefficient (Wildman–Crippen LogP) is 2.36. The van der Waals surface area contributed by atoms with E-state index in [0.717, 1.165) is 25.7 Å². The van der Waals surface area contributed by atoms with Crippen LogP contribution in [0.15, 0.2) is 4.60 Å². The lowest BCUT2D eigenvalue weighted by molar-refractivity contribution is -0.0269. The van der Waals surface area contributed by atoms with Gasteiger partial charge in [-0.05, 0) is 47.5 Å². The van der Waals surface area contributed by atoms with Crippen molar-refractivity contribution >= 4 is 21.7 Å². The Hall–Kier alpha value is -0.750. The fraction of sp³-hybridized carbons (Fsp3) is 0.750. The maximum Gasteiger partial charge on any atom is 0.215 e. The number of aryl methyl sites for hydroxylation is 1. The topological polar surface area (TPSA) is 57.0 Å². The first-order valence-corrected chi connectivity index (χ1v) is 6.94. The largest absolute Gasteiger partial charge is 0.370 e. The van der Waals surface area contributed by atoms with Gasteiger partial charge in [-0.15, -0.1) is 5.10 Å². The predicted molar refractivity (Wildman–Crippen MR) is 70.4 cm³/mol. The second kappa shape index (κ2) is 5.09. The number of hydrogen-bond acceptors (Lipinski definition) is 4. The summed E-state index contributed by atoms with van der Waals surface area (Å²) in [6.45, 7) is 2.21. The van der Waals surface area contributed by atoms with Crippen molar-refractivity contribution in [3.05, 3.63) is 10.3 Å². The van der Waals surface area contributed by atoms with E-state index in [1.54, 1.807) is 14.2 Å². The van der Waals surface area contributed by atoms with Crippen molar-refractivity contribution in [2.75, 3.05) is 7.11 Å². The molecule has 1 saturated carbocycles. The number of Topliss-reactive ketones (excluding diaryl/α,β-unsaturated/α-hetero) is 1. The Labute approximate surface area is 115 Å². The summed E-state index contributed by atoms with van der Waals surface area (Å²) >= 11 is 3.28. The highest BCUT2D eigenvalue weighted by Gasteiger charge is 2.43. The van der Waals surface area contributed by atoms with Crippen molar-refractivity contribution in [2.45, 2.75) is 38.2 Å². The van der Waals surface area contributed by atoms with E-state index in [4.69, 9.17) is 4.74 Å². The third kappa shape index (κ3) is 2.23. The Bertz CT molecular complexity index is 431. The van der Waals surface area contributed by atoms with Crippen molar-refractivity contribution in [3.8, 4) is 0 Å². The molecule has 0 bridgehead atoms. The van der Waals surface area contributed by atoms with Crippen molar-refractivity contribution in [2.24, 2.45) is 13.0 Å². The summed E-state index contributed by atoms with van der Waals surface area (Å²) in [6, 6.07) is 0. The normalized spacial score (nSPS) is 28.3. The monoisotopic (exact) mass is 315 g/mol. The van der Waals surface area contributed by atoms with Crippen LogP contribution in [0.4, 0.5) is 0 Å². The third-order valence-electron chi connectivity index (χ3n) is 3.89. The van der Waals surface area contributed by atoms with Crippen LogP contribution in [-0.2, 0) is 11.8 Å². The zero-order valence-electron chi connectivity index (χ0n) is 10.9. The van der Waals surface area contributed by atoms with Gasteiger partial charge in [0.1, 0.15) is 11.3 Å². The Morgan fingerprint density at radius 1 is 1.50 bits per heavy atom. The number of ether oxygens (including phenoxy) is 1. The molecule has 0 N–H and O–H groups in total. The van der Waals surface area contributed by atoms with Gasteiger partial charge in [0.2, 0.25) is 5.78 Å². The Morgan fingerprint density at radius 2 is 2.11 bits per heavy atom. The number of methoxy groups -OCH3 is 1. The quantitative estimate of drug-likeness (QED) is 0.803. The molecule has 1 fully saturated rings. The summed E-state index contributed by atoms with van der Waals surface area (Å²) in [5.74, 6) is 0.644. The molecule has 0 aliphatic heterocycles. The van der Waals surface area contributed by atoms with Gasteiger partial charge in [0.25, 0.3) is 0 Å². The molecule has 1 aliphatic carbocycles. The van der Waals surface area contributed by atoms with Gasteiger partial charge >= 0.3 is 0 Å². The number of carbonyl (C=O) groups is 1. The summed E-state index contributed by atoms with van der Waals surface area (Å²) in [4.78, 5) is 12.7. The number of halogens is 1. The maximum absolute atomic E-state index is 12.7. The van der Waals surface area contributed by atoms with Crippen molar-refractivity contribution < 1.29 is 9.53 Å². The molecular weight excluding hydrogens is 298 g/mol. The summed E-state index contributed by atoms with van der Waals surface area (Å²) in [5.41, 5.74) is -0.212. The van der Waals surface area contributed by atoms with Crippen LogP contribution in [0.1, 0.15) is 43.1 Å². The van der Waals surface area contributed by atoms with Gasteiger partial charge in [-0.1, -0.05) is 12.1 Å². The van der Waals surface area contributed by atoms with Gasteiger partial charge in [0.15, 0.2) is 4.60 Å². The zero-order valence-corrected chi connectivity index (χ0v) is 12.5. The van der Waals surface area contributed by atoms with Crippen LogP contribution in [0.3, 0.4) is 0 Å². The van der Waals surface area contributed by atoms with Crippen LogP contribution in [0.2, 0.25) is 0 Å². The lowest BCUT2D eigenvalue weighted by Crippen LogP contribution is -2.44. The number of ketones is 1. The second-order valence-corrected chi connectivity index (χ2v) is 5.81. The molecule has 1 heterocycles. The zero-order chi connectivity index (χ0) is 13.3. The molecule has 6 heteroatoms. The minimum absolute atomic E-state index is 0.0173. The number of rotatable bonds is 3. The van der Waals surface area contributed by atoms with Gasteiger partial charge in [-0.2, -0.15) is 0 Å². The fourth-order valence-corrected chi connectivity index (χ4v) is 3.05. The van der Waals surface area contributed by atoms with E-state index in [1.165, 1.54) is 4.68 Å². The van der Waals surface area contributed by atoms with E-state index in [0.29, 0.717) is 16.2 Å². The smallest absolute Gasteiger partial charge is 0.215 e. The van der Waals surface area contributed by atoms with E-state index in [-0.39, 0.29) is 5.78 Å². The maximum atomic E-state index is 12.7. The number of carbonyl (C=O) groups excluding carboxylic acids is 1. The van der Waals surface area contributed by atoms with E-state index < -0.39 is 5.60 Å². The van der Waals surface area contributed by atoms with Crippen LogP contribution in [0, 0.1) is 5.92 Å². The van der Waals surface area contributed by atoms with Crippen LogP contribution in [0.5, 0.6) is 0 Å². The molecule has 0 spiro atoms. The van der Waals surface area contributed by atoms with Crippen LogP contribution in [-0.4, -0.2) is 33.5 Å². The second-order valence-electron chi connectivity index (χ2n) is 5.06. The number of nitrogens with zero attached hydrogens (tertiary/aromatic N) is 3. The van der Waals surface area contributed by atoms with Gasteiger partial charge in [0.05, 0.1) is 0 Å². The van der Waals surface area contributed by atoms with E-state index >= 15 is 0 Å². The van der Waals surface area contributed by atoms with Gasteiger partial charge < -0.3 is 4.74 Å². The number of hydrogen-bond donors (Lipinski definition) is 0. The molecule has 1 aromatic heterocycles. The van der Waals surface area contributed by atoms with Crippen molar-refractivity contribution in [1.29, 1.82) is 0 Å². The molecule has 2 rings (SSSR count). The molecule has 1 aromatic rings. The standard InChI is InChI=1S/C12H18BrN3O2/c1-8-4-6-12(18-3,7-5-8)10(17)9-11(13)14-15-16(9)2/h8H,4-7H2,1-3H3. The number of aromatic nitrogens is 3. The lowest BCUT2D eigenvalue weighted by atomic mass is 9.76. The molecule has 0 amide bonds. The lowest BCUT2D eigenvalue weighted by Gasteiger charge is -2.36. The molecule has 0 saturated heterocycles. The Balaban J connectivity index is 2.31. The summed E-state index contributed by atoms with van der Waals surface area (Å²) < 4.78 is 7.58. The molecule has 18 heavy (non-hydrogen) atoms. The van der Waals surface area contributed by atoms with E-state index in [1.807, 2.05) is 0 Å². The van der Waals surface area contributed by atoms with E-state index in [2.05, 4.69) is 33.2 Å². The van der Waals surface area contributed by atoms with E-state index in [9.17, 15) is 4.79 Å². The van der Waals surface area contributed by atoms with Crippen LogP contribution >= 0.6 is 15.9 Å². The first-order valence-electron chi connectivity index (χ1n) is 6.15. The Kier molecular flexibility index (Phi) is 3.87. The molecule has 100 valence electrons. The highest BCUT2D eigenvalue weighted by molar-refractivity contribution is 9.10. The minimum atomic E-state index is -0.704. The van der Waals surface area contributed by atoms with Crippen LogP contribution in [0.25, 0.3) is 0 Å². The Morgan fingerprint density at radius 3 is 2.56 bits per heavy atom. The molecule has 0 unspecified atom stereocenters. The third-order valence-corrected chi connectivity index (χ3v) is 4.42. The summed E-state index contributed by atoms with van der Waals surface area (Å²) in [7, 11) is 3.34. The molecule has 0 radical (unpaired) electrons. The molecule has 1 aliphatic rings. The van der Waals surface area contributed by atoms with Gasteiger partial charge in [-0.3, -0.25) is 4.79 Å². The molecule has 5 nitrogen and oxygen atoms in total. The first kappa shape index (κ1) is 13.7. The molecular formula is C12H18BrN3O2. The minimum Gasteiger partial charge on any atom is -0.370 e. The van der Waals surface area contributed by atoms with Gasteiger partial charge in [-0.25, -0.2) is 4.68 Å². The van der Waals surface area contributed by atoms with Crippen molar-refractivity contribution in [3.63, 3.8) is 0 Å². The van der Waals surface area contributed by atoms with Gasteiger partial charge in [0, 0.05) is 14.2 Å². The first-order chi connectivity index (χ1) is 8.50.